The van der Waals surface area contributed by atoms with Crippen molar-refractivity contribution in [3.05, 3.63) is 22.6 Å². The van der Waals surface area contributed by atoms with E-state index in [9.17, 15) is 4.79 Å². The molecule has 0 saturated heterocycles. The number of carbonyl (C=O) groups excluding carboxylic acids is 1. The molecule has 0 aliphatic heterocycles. The fraction of sp³-hybridized carbons (Fsp3) is 0.545. The van der Waals surface area contributed by atoms with E-state index < -0.39 is 0 Å². The molecule has 0 aromatic carbocycles. The van der Waals surface area contributed by atoms with Crippen LogP contribution in [0.3, 0.4) is 0 Å². The van der Waals surface area contributed by atoms with E-state index in [-0.39, 0.29) is 11.7 Å². The molecule has 1 aliphatic rings. The topological polar surface area (TPSA) is 56.2 Å². The van der Waals surface area contributed by atoms with Gasteiger partial charge in [-0.25, -0.2) is 0 Å². The Labute approximate surface area is 97.1 Å². The number of rotatable bonds is 3. The van der Waals surface area contributed by atoms with Crippen LogP contribution in [0.5, 0.6) is 0 Å². The van der Waals surface area contributed by atoms with Gasteiger partial charge in [0.15, 0.2) is 5.76 Å². The molecule has 15 heavy (non-hydrogen) atoms. The van der Waals surface area contributed by atoms with Crippen LogP contribution in [0.4, 0.5) is 0 Å². The first kappa shape index (κ1) is 10.9. The molecule has 4 heteroatoms. The van der Waals surface area contributed by atoms with Crippen LogP contribution < -0.4 is 5.73 Å². The summed E-state index contributed by atoms with van der Waals surface area (Å²) in [7, 11) is 0. The molecule has 0 bridgehead atoms. The lowest BCUT2D eigenvalue weighted by Crippen LogP contribution is -2.25. The van der Waals surface area contributed by atoms with Gasteiger partial charge >= 0.3 is 0 Å². The van der Waals surface area contributed by atoms with E-state index in [0.717, 1.165) is 23.7 Å². The lowest BCUT2D eigenvalue weighted by atomic mass is 9.91. The Bertz CT molecular complexity index is 361. The molecule has 3 nitrogen and oxygen atoms in total. The molecule has 1 fully saturated rings. The fourth-order valence-corrected chi connectivity index (χ4v) is 2.70. The summed E-state index contributed by atoms with van der Waals surface area (Å²) >= 11 is 3.31. The molecule has 2 rings (SSSR count). The standard InChI is InChI=1S/C11H14BrNO2/c12-9-4-5-15-11(9)10(14)8-3-1-2-7(8)6-13/h4-5,7-8H,1-3,6,13H2. The summed E-state index contributed by atoms with van der Waals surface area (Å²) in [5.74, 6) is 0.923. The van der Waals surface area contributed by atoms with Crippen LogP contribution in [0, 0.1) is 11.8 Å². The van der Waals surface area contributed by atoms with Gasteiger partial charge in [-0.15, -0.1) is 0 Å². The molecule has 0 radical (unpaired) electrons. The fourth-order valence-electron chi connectivity index (χ4n) is 2.30. The Hall–Kier alpha value is -0.610. The predicted octanol–water partition coefficient (Wildman–Crippen LogP) is 2.60. The smallest absolute Gasteiger partial charge is 0.202 e. The Morgan fingerprint density at radius 2 is 2.40 bits per heavy atom. The van der Waals surface area contributed by atoms with Gasteiger partial charge in [-0.1, -0.05) is 6.42 Å². The minimum absolute atomic E-state index is 0.0532. The number of carbonyl (C=O) groups is 1. The normalized spacial score (nSPS) is 25.7. The van der Waals surface area contributed by atoms with Crippen molar-refractivity contribution in [3.8, 4) is 0 Å². The van der Waals surface area contributed by atoms with Crippen LogP contribution in [0.2, 0.25) is 0 Å². The van der Waals surface area contributed by atoms with Crippen molar-refractivity contribution in [3.63, 3.8) is 0 Å². The zero-order chi connectivity index (χ0) is 10.8. The summed E-state index contributed by atoms with van der Waals surface area (Å²) in [6, 6.07) is 1.75. The molecule has 1 aromatic heterocycles. The third kappa shape index (κ3) is 2.01. The van der Waals surface area contributed by atoms with Crippen molar-refractivity contribution < 1.29 is 9.21 Å². The summed E-state index contributed by atoms with van der Waals surface area (Å²) in [4.78, 5) is 12.1. The zero-order valence-corrected chi connectivity index (χ0v) is 10.00. The Morgan fingerprint density at radius 3 is 3.00 bits per heavy atom. The van der Waals surface area contributed by atoms with E-state index in [4.69, 9.17) is 10.2 Å². The molecule has 2 unspecified atom stereocenters. The van der Waals surface area contributed by atoms with Crippen molar-refractivity contribution in [1.82, 2.24) is 0 Å². The summed E-state index contributed by atoms with van der Waals surface area (Å²) in [6.07, 6.45) is 4.62. The third-order valence-electron chi connectivity index (χ3n) is 3.14. The molecule has 2 atom stereocenters. The highest BCUT2D eigenvalue weighted by atomic mass is 79.9. The maximum absolute atomic E-state index is 12.1. The second kappa shape index (κ2) is 4.49. The van der Waals surface area contributed by atoms with Crippen LogP contribution >= 0.6 is 15.9 Å². The van der Waals surface area contributed by atoms with Gasteiger partial charge in [-0.3, -0.25) is 4.79 Å². The highest BCUT2D eigenvalue weighted by molar-refractivity contribution is 9.10. The Kier molecular flexibility index (Phi) is 3.26. The number of halogens is 1. The number of nitrogens with two attached hydrogens (primary N) is 1. The van der Waals surface area contributed by atoms with Crippen molar-refractivity contribution in [1.29, 1.82) is 0 Å². The van der Waals surface area contributed by atoms with E-state index >= 15 is 0 Å². The van der Waals surface area contributed by atoms with Gasteiger partial charge in [0.25, 0.3) is 0 Å². The van der Waals surface area contributed by atoms with Crippen molar-refractivity contribution in [2.75, 3.05) is 6.54 Å². The van der Waals surface area contributed by atoms with E-state index in [1.54, 1.807) is 6.07 Å². The molecule has 0 amide bonds. The first-order valence-corrected chi connectivity index (χ1v) is 6.00. The van der Waals surface area contributed by atoms with Crippen LogP contribution in [-0.4, -0.2) is 12.3 Å². The number of hydrogen-bond donors (Lipinski definition) is 1. The van der Waals surface area contributed by atoms with Gasteiger partial charge in [-0.2, -0.15) is 0 Å². The lowest BCUT2D eigenvalue weighted by Gasteiger charge is -2.15. The number of furan rings is 1. The van der Waals surface area contributed by atoms with Gasteiger partial charge in [0.1, 0.15) is 0 Å². The first-order chi connectivity index (χ1) is 7.24. The van der Waals surface area contributed by atoms with Crippen LogP contribution in [0.1, 0.15) is 29.8 Å². The summed E-state index contributed by atoms with van der Waals surface area (Å²) in [5.41, 5.74) is 5.66. The second-order valence-corrected chi connectivity index (χ2v) is 4.85. The summed E-state index contributed by atoms with van der Waals surface area (Å²) in [5, 5.41) is 0. The first-order valence-electron chi connectivity index (χ1n) is 5.21. The number of Topliss-reactive ketones (excluding diaryl/α,β-unsaturated/α-hetero) is 1. The van der Waals surface area contributed by atoms with E-state index in [1.807, 2.05) is 0 Å². The molecule has 1 aliphatic carbocycles. The van der Waals surface area contributed by atoms with Crippen molar-refractivity contribution in [2.45, 2.75) is 19.3 Å². The van der Waals surface area contributed by atoms with Gasteiger partial charge in [0, 0.05) is 5.92 Å². The van der Waals surface area contributed by atoms with E-state index in [2.05, 4.69) is 15.9 Å². The Balaban J connectivity index is 2.18. The highest BCUT2D eigenvalue weighted by Crippen LogP contribution is 2.35. The molecule has 1 saturated carbocycles. The quantitative estimate of drug-likeness (QED) is 0.860. The Morgan fingerprint density at radius 1 is 1.60 bits per heavy atom. The van der Waals surface area contributed by atoms with Gasteiger partial charge in [0.05, 0.1) is 10.7 Å². The molecule has 0 spiro atoms. The minimum Gasteiger partial charge on any atom is -0.460 e. The molecule has 1 heterocycles. The number of hydrogen-bond acceptors (Lipinski definition) is 3. The van der Waals surface area contributed by atoms with Crippen LogP contribution in [-0.2, 0) is 0 Å². The maximum atomic E-state index is 12.1. The minimum atomic E-state index is 0.0532. The van der Waals surface area contributed by atoms with Crippen LogP contribution in [0.25, 0.3) is 0 Å². The largest absolute Gasteiger partial charge is 0.460 e. The van der Waals surface area contributed by atoms with Gasteiger partial charge in [-0.05, 0) is 47.3 Å². The van der Waals surface area contributed by atoms with Crippen molar-refractivity contribution in [2.24, 2.45) is 17.6 Å². The molecule has 1 aromatic rings. The lowest BCUT2D eigenvalue weighted by molar-refractivity contribution is 0.0863. The number of ketones is 1. The SMILES string of the molecule is NCC1CCCC1C(=O)c1occc1Br. The highest BCUT2D eigenvalue weighted by Gasteiger charge is 2.34. The van der Waals surface area contributed by atoms with Crippen LogP contribution in [0.15, 0.2) is 21.2 Å². The van der Waals surface area contributed by atoms with Gasteiger partial charge < -0.3 is 10.2 Å². The summed E-state index contributed by atoms with van der Waals surface area (Å²) in [6.45, 7) is 0.592. The molecular formula is C11H14BrNO2. The molecule has 2 N–H and O–H groups in total. The summed E-state index contributed by atoms with van der Waals surface area (Å²) < 4.78 is 5.94. The van der Waals surface area contributed by atoms with Crippen molar-refractivity contribution >= 4 is 21.7 Å². The molecular weight excluding hydrogens is 258 g/mol. The average Bonchev–Trinajstić information content (AvgIpc) is 2.84. The molecule has 82 valence electrons. The third-order valence-corrected chi connectivity index (χ3v) is 3.76. The average molecular weight is 272 g/mol. The maximum Gasteiger partial charge on any atom is 0.202 e. The predicted molar refractivity (Wildman–Crippen MR) is 60.6 cm³/mol. The van der Waals surface area contributed by atoms with Gasteiger partial charge in [0.2, 0.25) is 5.78 Å². The second-order valence-electron chi connectivity index (χ2n) is 4.00. The van der Waals surface area contributed by atoms with E-state index in [0.29, 0.717) is 18.2 Å². The van der Waals surface area contributed by atoms with E-state index in [1.165, 1.54) is 6.26 Å². The zero-order valence-electron chi connectivity index (χ0n) is 8.41. The monoisotopic (exact) mass is 271 g/mol.